The number of hydrogen-bond donors (Lipinski definition) is 0. The van der Waals surface area contributed by atoms with Crippen LogP contribution in [-0.4, -0.2) is 8.07 Å². The van der Waals surface area contributed by atoms with Gasteiger partial charge in [0, 0.05) is 8.07 Å². The molecule has 216 valence electrons. The molecule has 0 saturated carbocycles. The zero-order valence-corrected chi connectivity index (χ0v) is 29.7. The zero-order chi connectivity index (χ0) is 24.5. The van der Waals surface area contributed by atoms with Crippen molar-refractivity contribution in [2.45, 2.75) is 143 Å². The van der Waals surface area contributed by atoms with Crippen LogP contribution >= 0.6 is 0 Å². The third kappa shape index (κ3) is 16.1. The van der Waals surface area contributed by atoms with Crippen LogP contribution in [0.2, 0.25) is 12.6 Å². The average Bonchev–Trinajstić information content (AvgIpc) is 3.35. The van der Waals surface area contributed by atoms with Crippen molar-refractivity contribution in [1.82, 2.24) is 0 Å². The van der Waals surface area contributed by atoms with E-state index < -0.39 is 8.07 Å². The molecule has 38 heavy (non-hydrogen) atoms. The van der Waals surface area contributed by atoms with Gasteiger partial charge in [-0.3, -0.25) is 6.08 Å². The van der Waals surface area contributed by atoms with Gasteiger partial charge in [0.05, 0.1) is 0 Å². The molecule has 0 aliphatic heterocycles. The molecule has 0 N–H and O–H groups in total. The van der Waals surface area contributed by atoms with Crippen LogP contribution < -0.4 is 42.4 Å². The molecular formula is C33H55Cl3SiTi. The van der Waals surface area contributed by atoms with Gasteiger partial charge in [0.2, 0.25) is 0 Å². The molecule has 2 rings (SSSR count). The van der Waals surface area contributed by atoms with Crippen molar-refractivity contribution in [1.29, 1.82) is 0 Å². The number of allylic oxidation sites excluding steroid dienone is 4. The van der Waals surface area contributed by atoms with Gasteiger partial charge in [0.15, 0.2) is 0 Å². The van der Waals surface area contributed by atoms with Gasteiger partial charge in [0.25, 0.3) is 0 Å². The Labute approximate surface area is 272 Å². The first kappa shape index (κ1) is 43.0. The number of rotatable bonds is 20. The van der Waals surface area contributed by atoms with E-state index in [-0.39, 0.29) is 58.9 Å². The summed E-state index contributed by atoms with van der Waals surface area (Å²) in [6.45, 7) is 9.61. The first-order valence-corrected chi connectivity index (χ1v) is 17.7. The molecule has 1 aromatic carbocycles. The second kappa shape index (κ2) is 26.4. The molecule has 1 aromatic rings. The monoisotopic (exact) mass is 632 g/mol. The zero-order valence-electron chi connectivity index (χ0n) is 24.9. The quantitative estimate of drug-likeness (QED) is 0.116. The third-order valence-corrected chi connectivity index (χ3v) is 12.6. The fourth-order valence-electron chi connectivity index (χ4n) is 5.77. The number of unbranched alkanes of at least 4 members (excludes halogenated alkanes) is 15. The Bertz CT molecular complexity index is 720. The predicted octanol–water partition coefficient (Wildman–Crippen LogP) is 1.50. The number of halogens is 3. The summed E-state index contributed by atoms with van der Waals surface area (Å²) in [5.74, 6) is 0.593. The molecule has 1 aliphatic carbocycles. The van der Waals surface area contributed by atoms with Crippen molar-refractivity contribution in [3.05, 3.63) is 53.3 Å². The normalized spacial score (nSPS) is 13.8. The van der Waals surface area contributed by atoms with Crippen molar-refractivity contribution in [2.75, 3.05) is 0 Å². The van der Waals surface area contributed by atoms with Crippen LogP contribution in [0.4, 0.5) is 0 Å². The molecule has 5 heteroatoms. The predicted molar refractivity (Wildman–Crippen MR) is 156 cm³/mol. The molecule has 0 aromatic heterocycles. The average molecular weight is 634 g/mol. The van der Waals surface area contributed by atoms with E-state index in [2.05, 4.69) is 69.8 Å². The van der Waals surface area contributed by atoms with E-state index in [1.165, 1.54) is 114 Å². The second-order valence-electron chi connectivity index (χ2n) is 11.3. The van der Waals surface area contributed by atoms with Crippen LogP contribution in [0, 0.1) is 12.0 Å². The Kier molecular flexibility index (Phi) is 29.9. The topological polar surface area (TPSA) is 0 Å². The van der Waals surface area contributed by atoms with Gasteiger partial charge < -0.3 is 37.2 Å². The molecule has 0 amide bonds. The van der Waals surface area contributed by atoms with Crippen molar-refractivity contribution >= 4 is 13.3 Å². The fourth-order valence-corrected chi connectivity index (χ4v) is 10.1. The van der Waals surface area contributed by atoms with E-state index in [4.69, 9.17) is 0 Å². The maximum Gasteiger partial charge on any atom is 4.00 e. The molecule has 0 spiro atoms. The van der Waals surface area contributed by atoms with Gasteiger partial charge >= 0.3 is 21.7 Å². The van der Waals surface area contributed by atoms with Gasteiger partial charge in [-0.2, -0.15) is 11.3 Å². The summed E-state index contributed by atoms with van der Waals surface area (Å²) in [5.41, 5.74) is 1.52. The standard InChI is InChI=1S/C33H55Si.3ClH.Ti/c1-5-6-7-8-9-10-11-12-13-14-15-16-17-18-19-23-29-34(4,31-25-21-20-22-26-31)33-28-24-27-32(33)30(2)3;;;;/h20-22,25-26,28,30H,5-19,23-24,29H2,1-4H3;3*1H;/q-1;;;;+4/p-3. The minimum absolute atomic E-state index is 0. The summed E-state index contributed by atoms with van der Waals surface area (Å²) in [5, 5.41) is 3.30. The Hall–Kier alpha value is 0.501. The van der Waals surface area contributed by atoms with Crippen LogP contribution in [0.25, 0.3) is 0 Å². The van der Waals surface area contributed by atoms with Gasteiger partial charge in [-0.15, -0.1) is 6.42 Å². The molecule has 0 bridgehead atoms. The van der Waals surface area contributed by atoms with Crippen molar-refractivity contribution in [3.8, 4) is 0 Å². The van der Waals surface area contributed by atoms with E-state index in [9.17, 15) is 0 Å². The molecule has 0 heterocycles. The van der Waals surface area contributed by atoms with Gasteiger partial charge in [-0.1, -0.05) is 178 Å². The van der Waals surface area contributed by atoms with Crippen molar-refractivity contribution in [2.24, 2.45) is 5.92 Å². The molecule has 0 nitrogen and oxygen atoms in total. The summed E-state index contributed by atoms with van der Waals surface area (Å²) in [7, 11) is -1.66. The van der Waals surface area contributed by atoms with Gasteiger partial charge in [-0.25, -0.2) is 5.57 Å². The summed E-state index contributed by atoms with van der Waals surface area (Å²) in [6.07, 6.45) is 30.3. The smallest absolute Gasteiger partial charge is 1.00 e. The molecule has 1 aliphatic rings. The molecule has 0 fully saturated rings. The van der Waals surface area contributed by atoms with E-state index in [1.54, 1.807) is 10.4 Å². The first-order chi connectivity index (χ1) is 16.6. The first-order valence-electron chi connectivity index (χ1n) is 15.0. The molecule has 0 saturated heterocycles. The fraction of sp³-hybridized carbons (Fsp3) is 0.697. The van der Waals surface area contributed by atoms with Gasteiger partial charge in [-0.05, 0) is 0 Å². The summed E-state index contributed by atoms with van der Waals surface area (Å²) >= 11 is 0. The third-order valence-electron chi connectivity index (χ3n) is 8.00. The number of benzene rings is 1. The molecule has 0 radical (unpaired) electrons. The van der Waals surface area contributed by atoms with E-state index in [0.29, 0.717) is 5.92 Å². The number of hydrogen-bond acceptors (Lipinski definition) is 0. The van der Waals surface area contributed by atoms with Crippen LogP contribution in [0.15, 0.2) is 47.2 Å². The van der Waals surface area contributed by atoms with Crippen LogP contribution in [0.3, 0.4) is 0 Å². The van der Waals surface area contributed by atoms with Crippen LogP contribution in [-0.2, 0) is 21.7 Å². The minimum Gasteiger partial charge on any atom is -1.00 e. The Morgan fingerprint density at radius 1 is 0.684 bits per heavy atom. The molecular weight excluding hydrogens is 579 g/mol. The van der Waals surface area contributed by atoms with E-state index in [0.717, 1.165) is 6.42 Å². The Morgan fingerprint density at radius 3 is 1.53 bits per heavy atom. The maximum atomic E-state index is 3.70. The van der Waals surface area contributed by atoms with Crippen LogP contribution in [0.5, 0.6) is 0 Å². The Morgan fingerprint density at radius 2 is 1.11 bits per heavy atom. The van der Waals surface area contributed by atoms with Crippen LogP contribution in [0.1, 0.15) is 130 Å². The minimum atomic E-state index is -1.66. The van der Waals surface area contributed by atoms with Crippen molar-refractivity contribution in [3.63, 3.8) is 0 Å². The summed E-state index contributed by atoms with van der Waals surface area (Å²) in [6, 6.07) is 12.8. The van der Waals surface area contributed by atoms with Crippen molar-refractivity contribution < 1.29 is 58.9 Å². The second-order valence-corrected chi connectivity index (χ2v) is 15.6. The SMILES string of the molecule is CCCCCCCCCCCCCCCCCC[Si](C)(C1=CC[C-]=C1C(C)C)c1ccccc1.[Cl-].[Cl-].[Cl-].[Ti+4]. The van der Waals surface area contributed by atoms with Gasteiger partial charge in [0.1, 0.15) is 0 Å². The molecule has 1 atom stereocenters. The summed E-state index contributed by atoms with van der Waals surface area (Å²) < 4.78 is 0. The maximum absolute atomic E-state index is 3.70. The summed E-state index contributed by atoms with van der Waals surface area (Å²) in [4.78, 5) is 0. The largest absolute Gasteiger partial charge is 4.00 e. The van der Waals surface area contributed by atoms with E-state index in [1.807, 2.05) is 0 Å². The molecule has 1 unspecified atom stereocenters. The van der Waals surface area contributed by atoms with E-state index >= 15 is 0 Å². The Balaban J connectivity index is -0.00000306.